The Morgan fingerprint density at radius 2 is 2.04 bits per heavy atom. The Morgan fingerprint density at radius 1 is 1.30 bits per heavy atom. The van der Waals surface area contributed by atoms with Gasteiger partial charge in [-0.25, -0.2) is 0 Å². The number of pyridine rings is 1. The van der Waals surface area contributed by atoms with Crippen molar-refractivity contribution in [3.05, 3.63) is 24.0 Å². The number of anilines is 1. The average molecular weight is 334 g/mol. The first-order valence-electron chi connectivity index (χ1n) is 8.52. The van der Waals surface area contributed by atoms with Crippen LogP contribution in [0.5, 0.6) is 0 Å². The highest BCUT2D eigenvalue weighted by molar-refractivity contribution is 7.99. The fourth-order valence-corrected chi connectivity index (χ4v) is 4.76. The number of primary amides is 1. The van der Waals surface area contributed by atoms with Crippen LogP contribution in [0.4, 0.5) is 5.69 Å². The molecule has 1 aliphatic heterocycles. The smallest absolute Gasteiger partial charge is 0.252 e. The van der Waals surface area contributed by atoms with E-state index in [4.69, 9.17) is 5.73 Å². The number of carbonyl (C=O) groups excluding carboxylic acids is 1. The van der Waals surface area contributed by atoms with Crippen LogP contribution in [0.25, 0.3) is 0 Å². The predicted molar refractivity (Wildman–Crippen MR) is 96.0 cm³/mol. The molecule has 2 fully saturated rings. The second-order valence-electron chi connectivity index (χ2n) is 6.52. The van der Waals surface area contributed by atoms with E-state index in [2.05, 4.69) is 27.0 Å². The van der Waals surface area contributed by atoms with Crippen LogP contribution in [-0.2, 0) is 0 Å². The van der Waals surface area contributed by atoms with E-state index in [1.54, 1.807) is 12.4 Å². The van der Waals surface area contributed by atoms with Gasteiger partial charge >= 0.3 is 0 Å². The first-order chi connectivity index (χ1) is 11.2. The molecule has 0 radical (unpaired) electrons. The van der Waals surface area contributed by atoms with Crippen LogP contribution >= 0.6 is 11.8 Å². The Morgan fingerprint density at radius 3 is 2.74 bits per heavy atom. The van der Waals surface area contributed by atoms with E-state index in [0.717, 1.165) is 12.2 Å². The van der Waals surface area contributed by atoms with Crippen LogP contribution in [0.3, 0.4) is 0 Å². The van der Waals surface area contributed by atoms with Crippen LogP contribution in [-0.4, -0.2) is 52.5 Å². The third-order valence-electron chi connectivity index (χ3n) is 5.16. The van der Waals surface area contributed by atoms with Gasteiger partial charge in [-0.1, -0.05) is 19.3 Å². The fourth-order valence-electron chi connectivity index (χ4n) is 3.86. The summed E-state index contributed by atoms with van der Waals surface area (Å²) in [6.07, 6.45) is 9.67. The van der Waals surface area contributed by atoms with Crippen LogP contribution in [0.1, 0.15) is 42.5 Å². The van der Waals surface area contributed by atoms with Gasteiger partial charge in [0.15, 0.2) is 0 Å². The molecule has 126 valence electrons. The Balaban J connectivity index is 1.75. The van der Waals surface area contributed by atoms with Gasteiger partial charge in [0.05, 0.1) is 11.3 Å². The maximum absolute atomic E-state index is 11.6. The monoisotopic (exact) mass is 334 g/mol. The molecule has 3 rings (SSSR count). The van der Waals surface area contributed by atoms with Gasteiger partial charge in [-0.2, -0.15) is 11.8 Å². The molecule has 2 heterocycles. The van der Waals surface area contributed by atoms with Crippen LogP contribution in [0.2, 0.25) is 0 Å². The number of aromatic nitrogens is 1. The number of hydrogen-bond acceptors (Lipinski definition) is 5. The number of thioether (sulfide) groups is 1. The quantitative estimate of drug-likeness (QED) is 0.865. The number of amides is 1. The molecule has 0 spiro atoms. The van der Waals surface area contributed by atoms with Gasteiger partial charge in [0.2, 0.25) is 0 Å². The first-order valence-corrected chi connectivity index (χ1v) is 9.67. The molecule has 0 bridgehead atoms. The van der Waals surface area contributed by atoms with Crippen LogP contribution < -0.4 is 11.1 Å². The molecule has 3 N–H and O–H groups in total. The molecule has 1 saturated heterocycles. The van der Waals surface area contributed by atoms with Gasteiger partial charge < -0.3 is 11.1 Å². The summed E-state index contributed by atoms with van der Waals surface area (Å²) in [6.45, 7) is 3.22. The van der Waals surface area contributed by atoms with Crippen molar-refractivity contribution in [2.45, 2.75) is 37.6 Å². The highest BCUT2D eigenvalue weighted by atomic mass is 32.2. The fraction of sp³-hybridized carbons (Fsp3) is 0.647. The molecule has 5 nitrogen and oxygen atoms in total. The standard InChI is InChI=1S/C17H26N4OS/c18-16(22)14-12-19-7-4-15(14)20-13-17(5-2-1-3-6-17)21-8-10-23-11-9-21/h4,7,12H,1-3,5-6,8-11,13H2,(H2,18,22)(H,19,20). The lowest BCUT2D eigenvalue weighted by molar-refractivity contribution is 0.0706. The SMILES string of the molecule is NC(=O)c1cnccc1NCC1(N2CCSCC2)CCCCC1. The van der Waals surface area contributed by atoms with Crippen molar-refractivity contribution >= 4 is 23.4 Å². The van der Waals surface area contributed by atoms with Crippen molar-refractivity contribution in [1.82, 2.24) is 9.88 Å². The number of nitrogens with two attached hydrogens (primary N) is 1. The third kappa shape index (κ3) is 3.80. The van der Waals surface area contributed by atoms with Gasteiger partial charge in [-0.15, -0.1) is 0 Å². The molecule has 1 aromatic heterocycles. The summed E-state index contributed by atoms with van der Waals surface area (Å²) in [6, 6.07) is 1.85. The molecule has 2 aliphatic rings. The number of carbonyl (C=O) groups is 1. The summed E-state index contributed by atoms with van der Waals surface area (Å²) >= 11 is 2.05. The summed E-state index contributed by atoms with van der Waals surface area (Å²) in [5.41, 5.74) is 6.98. The molecule has 1 amide bonds. The molecule has 0 atom stereocenters. The first kappa shape index (κ1) is 16.6. The zero-order valence-electron chi connectivity index (χ0n) is 13.6. The minimum atomic E-state index is -0.423. The van der Waals surface area contributed by atoms with Crippen molar-refractivity contribution in [2.75, 3.05) is 36.5 Å². The van der Waals surface area contributed by atoms with E-state index in [1.165, 1.54) is 56.7 Å². The number of hydrogen-bond donors (Lipinski definition) is 2. The molecule has 1 saturated carbocycles. The summed E-state index contributed by atoms with van der Waals surface area (Å²) < 4.78 is 0. The second-order valence-corrected chi connectivity index (χ2v) is 7.75. The Hall–Kier alpha value is -1.27. The lowest BCUT2D eigenvalue weighted by Crippen LogP contribution is -2.57. The van der Waals surface area contributed by atoms with Gasteiger partial charge in [-0.3, -0.25) is 14.7 Å². The number of nitrogens with one attached hydrogen (secondary N) is 1. The lowest BCUT2D eigenvalue weighted by Gasteiger charge is -2.48. The molecular weight excluding hydrogens is 308 g/mol. The minimum absolute atomic E-state index is 0.220. The lowest BCUT2D eigenvalue weighted by atomic mass is 9.80. The zero-order valence-corrected chi connectivity index (χ0v) is 14.4. The number of nitrogens with zero attached hydrogens (tertiary/aromatic N) is 2. The van der Waals surface area contributed by atoms with Crippen LogP contribution in [0.15, 0.2) is 18.5 Å². The summed E-state index contributed by atoms with van der Waals surface area (Å²) in [4.78, 5) is 18.3. The predicted octanol–water partition coefficient (Wildman–Crippen LogP) is 2.34. The molecule has 1 aromatic rings. The molecular formula is C17H26N4OS. The molecule has 6 heteroatoms. The van der Waals surface area contributed by atoms with E-state index < -0.39 is 5.91 Å². The second kappa shape index (κ2) is 7.53. The van der Waals surface area contributed by atoms with E-state index in [0.29, 0.717) is 5.56 Å². The van der Waals surface area contributed by atoms with E-state index in [9.17, 15) is 4.79 Å². The van der Waals surface area contributed by atoms with E-state index in [1.807, 2.05) is 6.07 Å². The van der Waals surface area contributed by atoms with Gasteiger partial charge in [-0.05, 0) is 18.9 Å². The highest BCUT2D eigenvalue weighted by Crippen LogP contribution is 2.35. The minimum Gasteiger partial charge on any atom is -0.382 e. The normalized spacial score (nSPS) is 21.7. The highest BCUT2D eigenvalue weighted by Gasteiger charge is 2.38. The van der Waals surface area contributed by atoms with Gasteiger partial charge in [0, 0.05) is 49.1 Å². The molecule has 1 aliphatic carbocycles. The van der Waals surface area contributed by atoms with Gasteiger partial charge in [0.1, 0.15) is 0 Å². The van der Waals surface area contributed by atoms with Crippen molar-refractivity contribution in [3.8, 4) is 0 Å². The molecule has 0 aromatic carbocycles. The Labute approximate surface area is 142 Å². The van der Waals surface area contributed by atoms with Crippen molar-refractivity contribution in [1.29, 1.82) is 0 Å². The Bertz CT molecular complexity index is 539. The summed E-state index contributed by atoms with van der Waals surface area (Å²) in [5.74, 6) is 2.03. The third-order valence-corrected chi connectivity index (χ3v) is 6.10. The Kier molecular flexibility index (Phi) is 5.43. The topological polar surface area (TPSA) is 71.2 Å². The van der Waals surface area contributed by atoms with Crippen LogP contribution in [0, 0.1) is 0 Å². The average Bonchev–Trinajstić information content (AvgIpc) is 2.62. The van der Waals surface area contributed by atoms with E-state index >= 15 is 0 Å². The zero-order chi connectivity index (χ0) is 16.1. The van der Waals surface area contributed by atoms with Gasteiger partial charge in [0.25, 0.3) is 5.91 Å². The molecule has 0 unspecified atom stereocenters. The summed E-state index contributed by atoms with van der Waals surface area (Å²) in [7, 11) is 0. The van der Waals surface area contributed by atoms with E-state index in [-0.39, 0.29) is 5.54 Å². The van der Waals surface area contributed by atoms with Crippen molar-refractivity contribution in [2.24, 2.45) is 5.73 Å². The maximum Gasteiger partial charge on any atom is 0.252 e. The van der Waals surface area contributed by atoms with Crippen molar-refractivity contribution in [3.63, 3.8) is 0 Å². The maximum atomic E-state index is 11.6. The van der Waals surface area contributed by atoms with Crippen molar-refractivity contribution < 1.29 is 4.79 Å². The molecule has 23 heavy (non-hydrogen) atoms. The number of rotatable bonds is 5. The largest absolute Gasteiger partial charge is 0.382 e. The summed E-state index contributed by atoms with van der Waals surface area (Å²) in [5, 5.41) is 3.51.